The van der Waals surface area contributed by atoms with Gasteiger partial charge in [0.05, 0.1) is 22.3 Å². The lowest BCUT2D eigenvalue weighted by atomic mass is 10.2. The third kappa shape index (κ3) is 1.84. The number of rotatable bonds is 3. The third-order valence-electron chi connectivity index (χ3n) is 2.40. The first kappa shape index (κ1) is 10.8. The number of halogens is 1. The van der Waals surface area contributed by atoms with Gasteiger partial charge >= 0.3 is 5.97 Å². The largest absolute Gasteiger partial charge is 0.507 e. The fraction of sp³-hybridized carbons (Fsp3) is 0.182. The van der Waals surface area contributed by atoms with Crippen LogP contribution in [0.2, 0.25) is 5.02 Å². The molecule has 1 aromatic heterocycles. The van der Waals surface area contributed by atoms with E-state index in [9.17, 15) is 9.90 Å². The van der Waals surface area contributed by atoms with E-state index in [0.717, 1.165) is 5.52 Å². The molecular formula is C11H10ClNO3. The van der Waals surface area contributed by atoms with Gasteiger partial charge in [-0.2, -0.15) is 0 Å². The maximum atomic E-state index is 10.5. The topological polar surface area (TPSA) is 62.5 Å². The summed E-state index contributed by atoms with van der Waals surface area (Å²) in [4.78, 5) is 10.5. The number of fused-ring (bicyclic) bond motifs is 1. The van der Waals surface area contributed by atoms with Gasteiger partial charge in [-0.25, -0.2) is 0 Å². The van der Waals surface area contributed by atoms with Crippen molar-refractivity contribution >= 4 is 28.5 Å². The molecule has 2 N–H and O–H groups in total. The number of hydrogen-bond acceptors (Lipinski definition) is 2. The molecule has 2 rings (SSSR count). The lowest BCUT2D eigenvalue weighted by molar-refractivity contribution is -0.137. The van der Waals surface area contributed by atoms with Gasteiger partial charge in [0.1, 0.15) is 5.75 Å². The number of carboxylic acids is 1. The number of nitrogens with zero attached hydrogens (tertiary/aromatic N) is 1. The van der Waals surface area contributed by atoms with Gasteiger partial charge in [0.25, 0.3) is 0 Å². The van der Waals surface area contributed by atoms with Crippen LogP contribution in [0, 0.1) is 0 Å². The summed E-state index contributed by atoms with van der Waals surface area (Å²) in [6, 6.07) is 5.05. The molecule has 0 unspecified atom stereocenters. The Morgan fingerprint density at radius 2 is 2.19 bits per heavy atom. The van der Waals surface area contributed by atoms with Gasteiger partial charge < -0.3 is 14.8 Å². The van der Waals surface area contributed by atoms with E-state index in [1.165, 1.54) is 0 Å². The second-order valence-corrected chi connectivity index (χ2v) is 3.89. The highest BCUT2D eigenvalue weighted by Gasteiger charge is 2.10. The monoisotopic (exact) mass is 239 g/mol. The predicted octanol–water partition coefficient (Wildman–Crippen LogP) is 2.48. The van der Waals surface area contributed by atoms with Crippen LogP contribution in [0.15, 0.2) is 24.4 Å². The zero-order valence-corrected chi connectivity index (χ0v) is 9.11. The van der Waals surface area contributed by atoms with Crippen LogP contribution in [0.25, 0.3) is 10.9 Å². The van der Waals surface area contributed by atoms with Crippen molar-refractivity contribution in [2.45, 2.75) is 13.0 Å². The van der Waals surface area contributed by atoms with Crippen molar-refractivity contribution in [3.05, 3.63) is 29.4 Å². The van der Waals surface area contributed by atoms with E-state index in [2.05, 4.69) is 0 Å². The van der Waals surface area contributed by atoms with Gasteiger partial charge in [0.2, 0.25) is 0 Å². The SMILES string of the molecule is O=C(O)CCn1cc(Cl)c2c(O)cccc21. The van der Waals surface area contributed by atoms with Gasteiger partial charge in [-0.1, -0.05) is 17.7 Å². The fourth-order valence-corrected chi connectivity index (χ4v) is 2.00. The van der Waals surface area contributed by atoms with Crippen molar-refractivity contribution in [2.24, 2.45) is 0 Å². The number of aromatic hydroxyl groups is 1. The molecule has 0 aliphatic heterocycles. The number of phenols is 1. The molecule has 4 nitrogen and oxygen atoms in total. The highest BCUT2D eigenvalue weighted by molar-refractivity contribution is 6.36. The smallest absolute Gasteiger partial charge is 0.305 e. The molecule has 0 saturated carbocycles. The zero-order chi connectivity index (χ0) is 11.7. The van der Waals surface area contributed by atoms with E-state index in [4.69, 9.17) is 16.7 Å². The van der Waals surface area contributed by atoms with Gasteiger partial charge in [-0.3, -0.25) is 4.79 Å². The van der Waals surface area contributed by atoms with E-state index < -0.39 is 5.97 Å². The number of aliphatic carboxylic acids is 1. The fourth-order valence-electron chi connectivity index (χ4n) is 1.68. The van der Waals surface area contributed by atoms with E-state index in [1.807, 2.05) is 0 Å². The molecule has 1 aromatic carbocycles. The van der Waals surface area contributed by atoms with Gasteiger partial charge in [-0.05, 0) is 12.1 Å². The molecule has 1 heterocycles. The molecule has 0 amide bonds. The minimum Gasteiger partial charge on any atom is -0.507 e. The van der Waals surface area contributed by atoms with Gasteiger partial charge in [0.15, 0.2) is 0 Å². The van der Waals surface area contributed by atoms with Gasteiger partial charge in [-0.15, -0.1) is 0 Å². The summed E-state index contributed by atoms with van der Waals surface area (Å²) in [6.07, 6.45) is 1.66. The summed E-state index contributed by atoms with van der Waals surface area (Å²) in [5.74, 6) is -0.755. The van der Waals surface area contributed by atoms with Crippen LogP contribution in [0.3, 0.4) is 0 Å². The maximum absolute atomic E-state index is 10.5. The average Bonchev–Trinajstić information content (AvgIpc) is 2.54. The molecule has 0 atom stereocenters. The van der Waals surface area contributed by atoms with Crippen LogP contribution in [-0.2, 0) is 11.3 Å². The number of carboxylic acid groups (broad SMARTS) is 1. The summed E-state index contributed by atoms with van der Waals surface area (Å²) in [5, 5.41) is 19.2. The molecule has 0 radical (unpaired) electrons. The average molecular weight is 240 g/mol. The first-order valence-electron chi connectivity index (χ1n) is 4.77. The molecule has 2 aromatic rings. The molecule has 0 fully saturated rings. The predicted molar refractivity (Wildman–Crippen MR) is 60.9 cm³/mol. The minimum absolute atomic E-state index is 0.0236. The van der Waals surface area contributed by atoms with Crippen molar-refractivity contribution in [1.82, 2.24) is 4.57 Å². The molecule has 0 saturated heterocycles. The van der Waals surface area contributed by atoms with Crippen LogP contribution in [-0.4, -0.2) is 20.7 Å². The molecule has 0 spiro atoms. The normalized spacial score (nSPS) is 10.8. The maximum Gasteiger partial charge on any atom is 0.305 e. The van der Waals surface area contributed by atoms with Crippen LogP contribution in [0.4, 0.5) is 0 Å². The second kappa shape index (κ2) is 4.06. The lowest BCUT2D eigenvalue weighted by Gasteiger charge is -2.02. The third-order valence-corrected chi connectivity index (χ3v) is 2.69. The number of phenolic OH excluding ortho intramolecular Hbond substituents is 1. The van der Waals surface area contributed by atoms with E-state index in [0.29, 0.717) is 17.0 Å². The number of benzene rings is 1. The minimum atomic E-state index is -0.863. The molecule has 84 valence electrons. The highest BCUT2D eigenvalue weighted by Crippen LogP contribution is 2.32. The Morgan fingerprint density at radius 3 is 2.88 bits per heavy atom. The Morgan fingerprint density at radius 1 is 1.44 bits per heavy atom. The Kier molecular flexibility index (Phi) is 2.75. The lowest BCUT2D eigenvalue weighted by Crippen LogP contribution is -2.03. The quantitative estimate of drug-likeness (QED) is 0.865. The Labute approximate surface area is 96.7 Å². The summed E-state index contributed by atoms with van der Waals surface area (Å²) in [6.45, 7) is 0.335. The van der Waals surface area contributed by atoms with Crippen molar-refractivity contribution in [2.75, 3.05) is 0 Å². The molecule has 0 aliphatic carbocycles. The van der Waals surface area contributed by atoms with E-state index >= 15 is 0 Å². The van der Waals surface area contributed by atoms with Crippen LogP contribution in [0.5, 0.6) is 5.75 Å². The zero-order valence-electron chi connectivity index (χ0n) is 8.35. The highest BCUT2D eigenvalue weighted by atomic mass is 35.5. The van der Waals surface area contributed by atoms with Crippen molar-refractivity contribution in [3.63, 3.8) is 0 Å². The number of aromatic nitrogens is 1. The summed E-state index contributed by atoms with van der Waals surface area (Å²) in [7, 11) is 0. The number of carbonyl (C=O) groups is 1. The van der Waals surface area contributed by atoms with Crippen LogP contribution in [0.1, 0.15) is 6.42 Å². The molecular weight excluding hydrogens is 230 g/mol. The van der Waals surface area contributed by atoms with E-state index in [-0.39, 0.29) is 12.2 Å². The first-order valence-corrected chi connectivity index (χ1v) is 5.15. The van der Waals surface area contributed by atoms with Gasteiger partial charge in [0, 0.05) is 12.7 Å². The molecule has 0 bridgehead atoms. The molecule has 0 aliphatic rings. The van der Waals surface area contributed by atoms with E-state index in [1.54, 1.807) is 29.0 Å². The summed E-state index contributed by atoms with van der Waals surface area (Å²) in [5.41, 5.74) is 0.742. The number of aryl methyl sites for hydroxylation is 1. The Hall–Kier alpha value is -1.68. The van der Waals surface area contributed by atoms with Crippen molar-refractivity contribution in [3.8, 4) is 5.75 Å². The first-order chi connectivity index (χ1) is 7.59. The van der Waals surface area contributed by atoms with Crippen molar-refractivity contribution in [1.29, 1.82) is 0 Å². The standard InChI is InChI=1S/C11H10ClNO3/c12-7-6-13(5-4-10(15)16)8-2-1-3-9(14)11(7)8/h1-3,6,14H,4-5H2,(H,15,16). The Balaban J connectivity index is 2.47. The van der Waals surface area contributed by atoms with Crippen molar-refractivity contribution < 1.29 is 15.0 Å². The number of hydrogen-bond donors (Lipinski definition) is 2. The van der Waals surface area contributed by atoms with Crippen LogP contribution >= 0.6 is 11.6 Å². The molecule has 16 heavy (non-hydrogen) atoms. The Bertz CT molecular complexity index is 547. The summed E-state index contributed by atoms with van der Waals surface area (Å²) >= 11 is 5.97. The van der Waals surface area contributed by atoms with Crippen LogP contribution < -0.4 is 0 Å². The molecule has 5 heteroatoms. The summed E-state index contributed by atoms with van der Waals surface area (Å²) < 4.78 is 1.73. The second-order valence-electron chi connectivity index (χ2n) is 3.49.